The highest BCUT2D eigenvalue weighted by Crippen LogP contribution is 2.37. The monoisotopic (exact) mass is 233 g/mol. The second kappa shape index (κ2) is 4.27. The fraction of sp³-hybridized carbons (Fsp3) is 0.385. The molecule has 1 aromatic rings. The fourth-order valence-corrected chi connectivity index (χ4v) is 2.32. The summed E-state index contributed by atoms with van der Waals surface area (Å²) in [5.41, 5.74) is 0.491. The third-order valence-corrected chi connectivity index (χ3v) is 3.52. The summed E-state index contributed by atoms with van der Waals surface area (Å²) in [6.07, 6.45) is 2.28. The molecule has 0 unspecified atom stereocenters. The third kappa shape index (κ3) is 1.96. The predicted molar refractivity (Wildman–Crippen MR) is 62.2 cm³/mol. The van der Waals surface area contributed by atoms with E-state index in [1.807, 2.05) is 12.1 Å². The van der Waals surface area contributed by atoms with Crippen LogP contribution in [-0.2, 0) is 10.2 Å². The molecule has 1 saturated carbocycles. The maximum absolute atomic E-state index is 11.2. The van der Waals surface area contributed by atoms with Gasteiger partial charge in [-0.15, -0.1) is 0 Å². The zero-order valence-electron chi connectivity index (χ0n) is 8.87. The SMILES string of the molecule is N#CC1(c2ccc(Cl)cc2)CCC(=O)CC1. The average molecular weight is 234 g/mol. The second-order valence-corrected chi connectivity index (χ2v) is 4.68. The van der Waals surface area contributed by atoms with Gasteiger partial charge in [0.05, 0.1) is 11.5 Å². The quantitative estimate of drug-likeness (QED) is 0.747. The van der Waals surface area contributed by atoms with E-state index in [-0.39, 0.29) is 5.78 Å². The first-order chi connectivity index (χ1) is 7.66. The van der Waals surface area contributed by atoms with Crippen molar-refractivity contribution in [2.45, 2.75) is 31.1 Å². The molecule has 0 atom stereocenters. The molecule has 0 heterocycles. The maximum atomic E-state index is 11.2. The minimum Gasteiger partial charge on any atom is -0.300 e. The lowest BCUT2D eigenvalue weighted by atomic mass is 9.70. The minimum atomic E-state index is -0.488. The van der Waals surface area contributed by atoms with Gasteiger partial charge in [0.1, 0.15) is 5.78 Å². The molecular weight excluding hydrogens is 222 g/mol. The molecule has 0 aliphatic heterocycles. The summed E-state index contributed by atoms with van der Waals surface area (Å²) in [6.45, 7) is 0. The molecule has 3 heteroatoms. The van der Waals surface area contributed by atoms with Crippen LogP contribution in [0.4, 0.5) is 0 Å². The van der Waals surface area contributed by atoms with E-state index >= 15 is 0 Å². The molecule has 0 bridgehead atoms. The Morgan fingerprint density at radius 1 is 1.19 bits per heavy atom. The van der Waals surface area contributed by atoms with Gasteiger partial charge in [0, 0.05) is 17.9 Å². The molecule has 1 aliphatic rings. The van der Waals surface area contributed by atoms with Gasteiger partial charge in [0.2, 0.25) is 0 Å². The van der Waals surface area contributed by atoms with Gasteiger partial charge in [-0.1, -0.05) is 23.7 Å². The number of nitriles is 1. The summed E-state index contributed by atoms with van der Waals surface area (Å²) < 4.78 is 0. The van der Waals surface area contributed by atoms with Crippen LogP contribution in [-0.4, -0.2) is 5.78 Å². The van der Waals surface area contributed by atoms with E-state index in [0.717, 1.165) is 5.56 Å². The van der Waals surface area contributed by atoms with E-state index in [1.165, 1.54) is 0 Å². The van der Waals surface area contributed by atoms with Crippen molar-refractivity contribution >= 4 is 17.4 Å². The molecule has 2 nitrogen and oxygen atoms in total. The molecule has 1 aliphatic carbocycles. The van der Waals surface area contributed by atoms with Crippen molar-refractivity contribution in [2.24, 2.45) is 0 Å². The summed E-state index contributed by atoms with van der Waals surface area (Å²) in [4.78, 5) is 11.2. The lowest BCUT2D eigenvalue weighted by molar-refractivity contribution is -0.120. The van der Waals surface area contributed by atoms with Crippen molar-refractivity contribution in [3.8, 4) is 6.07 Å². The van der Waals surface area contributed by atoms with Crippen LogP contribution in [0.5, 0.6) is 0 Å². The highest BCUT2D eigenvalue weighted by molar-refractivity contribution is 6.30. The van der Waals surface area contributed by atoms with E-state index in [1.54, 1.807) is 12.1 Å². The Kier molecular flexibility index (Phi) is 2.98. The van der Waals surface area contributed by atoms with Crippen LogP contribution >= 0.6 is 11.6 Å². The zero-order valence-corrected chi connectivity index (χ0v) is 9.63. The first kappa shape index (κ1) is 11.2. The number of carbonyl (C=O) groups excluding carboxylic acids is 1. The van der Waals surface area contributed by atoms with E-state index in [4.69, 9.17) is 11.6 Å². The van der Waals surface area contributed by atoms with Crippen LogP contribution in [0.1, 0.15) is 31.2 Å². The molecule has 16 heavy (non-hydrogen) atoms. The summed E-state index contributed by atoms with van der Waals surface area (Å²) in [6, 6.07) is 9.75. The maximum Gasteiger partial charge on any atom is 0.133 e. The molecule has 0 saturated heterocycles. The van der Waals surface area contributed by atoms with E-state index in [2.05, 4.69) is 6.07 Å². The number of Topliss-reactive ketones (excluding diaryl/α,β-unsaturated/α-hetero) is 1. The first-order valence-corrected chi connectivity index (χ1v) is 5.73. The number of rotatable bonds is 1. The van der Waals surface area contributed by atoms with E-state index < -0.39 is 5.41 Å². The van der Waals surface area contributed by atoms with Crippen LogP contribution < -0.4 is 0 Å². The highest BCUT2D eigenvalue weighted by atomic mass is 35.5. The van der Waals surface area contributed by atoms with Gasteiger partial charge >= 0.3 is 0 Å². The number of hydrogen-bond acceptors (Lipinski definition) is 2. The second-order valence-electron chi connectivity index (χ2n) is 4.24. The van der Waals surface area contributed by atoms with Crippen molar-refractivity contribution in [1.82, 2.24) is 0 Å². The minimum absolute atomic E-state index is 0.264. The molecule has 1 aromatic carbocycles. The molecular formula is C13H12ClNO. The predicted octanol–water partition coefficient (Wildman–Crippen LogP) is 3.24. The standard InChI is InChI=1S/C13H12ClNO/c14-11-3-1-10(2-4-11)13(9-15)7-5-12(16)6-8-13/h1-4H,5-8H2. The van der Waals surface area contributed by atoms with E-state index in [0.29, 0.717) is 30.7 Å². The highest BCUT2D eigenvalue weighted by Gasteiger charge is 2.36. The van der Waals surface area contributed by atoms with Gasteiger partial charge in [-0.2, -0.15) is 5.26 Å². The Labute approximate surface area is 99.8 Å². The molecule has 0 spiro atoms. The summed E-state index contributed by atoms with van der Waals surface area (Å²) in [7, 11) is 0. The number of ketones is 1. The molecule has 0 amide bonds. The molecule has 1 fully saturated rings. The van der Waals surface area contributed by atoms with Crippen molar-refractivity contribution in [3.63, 3.8) is 0 Å². The van der Waals surface area contributed by atoms with Crippen molar-refractivity contribution in [2.75, 3.05) is 0 Å². The average Bonchev–Trinajstić information content (AvgIpc) is 2.32. The number of hydrogen-bond donors (Lipinski definition) is 0. The largest absolute Gasteiger partial charge is 0.300 e. The van der Waals surface area contributed by atoms with Gasteiger partial charge in [-0.05, 0) is 30.5 Å². The summed E-state index contributed by atoms with van der Waals surface area (Å²) in [5, 5.41) is 10.0. The Morgan fingerprint density at radius 2 is 1.75 bits per heavy atom. The molecule has 2 rings (SSSR count). The Bertz CT molecular complexity index is 434. The normalized spacial score (nSPS) is 19.1. The fourth-order valence-electron chi connectivity index (χ4n) is 2.19. The van der Waals surface area contributed by atoms with Gasteiger partial charge in [-0.3, -0.25) is 4.79 Å². The lowest BCUT2D eigenvalue weighted by Gasteiger charge is -2.30. The Morgan fingerprint density at radius 3 is 2.25 bits per heavy atom. The van der Waals surface area contributed by atoms with Crippen LogP contribution in [0.25, 0.3) is 0 Å². The molecule has 0 aromatic heterocycles. The van der Waals surface area contributed by atoms with Gasteiger partial charge in [0.25, 0.3) is 0 Å². The van der Waals surface area contributed by atoms with Crippen LogP contribution in [0.3, 0.4) is 0 Å². The first-order valence-electron chi connectivity index (χ1n) is 5.35. The van der Waals surface area contributed by atoms with Crippen LogP contribution in [0.2, 0.25) is 5.02 Å². The van der Waals surface area contributed by atoms with Gasteiger partial charge in [-0.25, -0.2) is 0 Å². The zero-order chi connectivity index (χ0) is 11.6. The molecule has 0 radical (unpaired) electrons. The molecule has 0 N–H and O–H groups in total. The smallest absolute Gasteiger partial charge is 0.133 e. The third-order valence-electron chi connectivity index (χ3n) is 3.27. The number of carbonyl (C=O) groups is 1. The molecule has 82 valence electrons. The Hall–Kier alpha value is -1.33. The Balaban J connectivity index is 2.32. The lowest BCUT2D eigenvalue weighted by Crippen LogP contribution is -2.30. The van der Waals surface area contributed by atoms with Crippen molar-refractivity contribution in [3.05, 3.63) is 34.9 Å². The van der Waals surface area contributed by atoms with Gasteiger partial charge in [0.15, 0.2) is 0 Å². The van der Waals surface area contributed by atoms with Crippen LogP contribution in [0.15, 0.2) is 24.3 Å². The van der Waals surface area contributed by atoms with Crippen molar-refractivity contribution < 1.29 is 4.79 Å². The number of nitrogens with zero attached hydrogens (tertiary/aromatic N) is 1. The number of halogens is 1. The van der Waals surface area contributed by atoms with Crippen LogP contribution in [0, 0.1) is 11.3 Å². The number of benzene rings is 1. The van der Waals surface area contributed by atoms with Gasteiger partial charge < -0.3 is 0 Å². The summed E-state index contributed by atoms with van der Waals surface area (Å²) >= 11 is 5.83. The topological polar surface area (TPSA) is 40.9 Å². The summed E-state index contributed by atoms with van der Waals surface area (Å²) in [5.74, 6) is 0.264. The van der Waals surface area contributed by atoms with E-state index in [9.17, 15) is 10.1 Å². The van der Waals surface area contributed by atoms with Crippen molar-refractivity contribution in [1.29, 1.82) is 5.26 Å².